The minimum atomic E-state index is -0.0968. The molecule has 0 aromatic rings. The van der Waals surface area contributed by atoms with Crippen LogP contribution >= 0.6 is 0 Å². The molecule has 0 atom stereocenters. The van der Waals surface area contributed by atoms with Crippen molar-refractivity contribution < 1.29 is 4.79 Å². The number of hydrogen-bond donors (Lipinski definition) is 1. The minimum absolute atomic E-state index is 0.0203. The molecular weight excluding hydrogens is 162 g/mol. The lowest BCUT2D eigenvalue weighted by atomic mass is 9.86. The number of hydrogen-bond acceptors (Lipinski definition) is 1. The highest BCUT2D eigenvalue weighted by Gasteiger charge is 2.21. The highest BCUT2D eigenvalue weighted by Crippen LogP contribution is 2.24. The molecule has 0 saturated heterocycles. The molecule has 2 heteroatoms. The van der Waals surface area contributed by atoms with Crippen molar-refractivity contribution in [2.45, 2.75) is 34.6 Å². The van der Waals surface area contributed by atoms with Crippen molar-refractivity contribution >= 4 is 5.91 Å². The first kappa shape index (κ1) is 11.9. The van der Waals surface area contributed by atoms with Crippen molar-refractivity contribution in [2.24, 2.45) is 5.41 Å². The van der Waals surface area contributed by atoms with Crippen molar-refractivity contribution in [2.75, 3.05) is 0 Å². The van der Waals surface area contributed by atoms with Gasteiger partial charge in [0.05, 0.1) is 0 Å². The quantitative estimate of drug-likeness (QED) is 0.652. The summed E-state index contributed by atoms with van der Waals surface area (Å²) in [5.41, 5.74) is 0.714. The van der Waals surface area contributed by atoms with Gasteiger partial charge in [0.25, 0.3) is 5.91 Å². The Morgan fingerprint density at radius 1 is 1.23 bits per heavy atom. The molecule has 0 aromatic heterocycles. The molecule has 0 rings (SSSR count). The maximum Gasteiger partial charge on any atom is 0.251 e. The first-order valence-electron chi connectivity index (χ1n) is 4.52. The Balaban J connectivity index is 4.54. The fraction of sp³-hybridized carbons (Fsp3) is 0.545. The van der Waals surface area contributed by atoms with E-state index in [2.05, 4.69) is 5.32 Å². The van der Waals surface area contributed by atoms with Crippen LogP contribution in [0, 0.1) is 5.41 Å². The minimum Gasteiger partial charge on any atom is -0.329 e. The van der Waals surface area contributed by atoms with Crippen LogP contribution in [0.5, 0.6) is 0 Å². The molecule has 1 N–H and O–H groups in total. The lowest BCUT2D eigenvalue weighted by molar-refractivity contribution is -0.117. The third-order valence-electron chi connectivity index (χ3n) is 1.72. The summed E-state index contributed by atoms with van der Waals surface area (Å²) in [6.07, 6.45) is 5.31. The van der Waals surface area contributed by atoms with Crippen molar-refractivity contribution in [3.8, 4) is 0 Å². The van der Waals surface area contributed by atoms with Gasteiger partial charge >= 0.3 is 0 Å². The van der Waals surface area contributed by atoms with E-state index in [4.69, 9.17) is 0 Å². The van der Waals surface area contributed by atoms with E-state index < -0.39 is 0 Å². The van der Waals surface area contributed by atoms with Crippen molar-refractivity contribution in [1.82, 2.24) is 5.32 Å². The van der Waals surface area contributed by atoms with Crippen LogP contribution in [-0.2, 0) is 4.79 Å². The van der Waals surface area contributed by atoms with Gasteiger partial charge in [0.15, 0.2) is 0 Å². The molecule has 0 bridgehead atoms. The van der Waals surface area contributed by atoms with Crippen LogP contribution in [0.3, 0.4) is 0 Å². The third-order valence-corrected chi connectivity index (χ3v) is 1.72. The summed E-state index contributed by atoms with van der Waals surface area (Å²) < 4.78 is 0. The molecule has 13 heavy (non-hydrogen) atoms. The summed E-state index contributed by atoms with van der Waals surface area (Å²) in [4.78, 5) is 11.5. The van der Waals surface area contributed by atoms with Crippen LogP contribution in [0.1, 0.15) is 34.6 Å². The summed E-state index contributed by atoms with van der Waals surface area (Å²) in [5, 5.41) is 2.70. The maximum atomic E-state index is 11.5. The van der Waals surface area contributed by atoms with Crippen LogP contribution in [0.2, 0.25) is 0 Å². The molecule has 0 unspecified atom stereocenters. The van der Waals surface area contributed by atoms with Gasteiger partial charge < -0.3 is 5.32 Å². The van der Waals surface area contributed by atoms with Gasteiger partial charge in [0.2, 0.25) is 0 Å². The van der Waals surface area contributed by atoms with Crippen molar-refractivity contribution in [3.05, 3.63) is 23.9 Å². The molecule has 0 aliphatic rings. The van der Waals surface area contributed by atoms with Crippen LogP contribution in [0.4, 0.5) is 0 Å². The zero-order chi connectivity index (χ0) is 10.5. The first-order chi connectivity index (χ1) is 5.93. The Kier molecular flexibility index (Phi) is 4.46. The SMILES string of the molecule is C/C=C\NC(=O)/C(=C\C)C(C)(C)C. The second-order valence-corrected chi connectivity index (χ2v) is 3.93. The molecule has 1 amide bonds. The number of amides is 1. The Morgan fingerprint density at radius 3 is 2.08 bits per heavy atom. The van der Waals surface area contributed by atoms with Gasteiger partial charge in [-0.3, -0.25) is 4.79 Å². The lowest BCUT2D eigenvalue weighted by Gasteiger charge is -2.21. The predicted octanol–water partition coefficient (Wildman–Crippen LogP) is 2.63. The molecule has 0 radical (unpaired) electrons. The van der Waals surface area contributed by atoms with E-state index >= 15 is 0 Å². The summed E-state index contributed by atoms with van der Waals surface area (Å²) >= 11 is 0. The topological polar surface area (TPSA) is 29.1 Å². The molecule has 0 spiro atoms. The summed E-state index contributed by atoms with van der Waals surface area (Å²) in [7, 11) is 0. The number of carbonyl (C=O) groups is 1. The van der Waals surface area contributed by atoms with E-state index in [0.29, 0.717) is 0 Å². The smallest absolute Gasteiger partial charge is 0.251 e. The fourth-order valence-corrected chi connectivity index (χ4v) is 1.14. The molecule has 0 fully saturated rings. The Hall–Kier alpha value is -1.05. The fourth-order valence-electron chi connectivity index (χ4n) is 1.14. The van der Waals surface area contributed by atoms with E-state index in [1.807, 2.05) is 40.7 Å². The van der Waals surface area contributed by atoms with E-state index in [0.717, 1.165) is 5.57 Å². The zero-order valence-corrected chi connectivity index (χ0v) is 9.14. The molecule has 0 aliphatic heterocycles. The molecule has 0 aliphatic carbocycles. The monoisotopic (exact) mass is 181 g/mol. The van der Waals surface area contributed by atoms with Crippen LogP contribution in [0.25, 0.3) is 0 Å². The van der Waals surface area contributed by atoms with Crippen molar-refractivity contribution in [3.63, 3.8) is 0 Å². The Bertz CT molecular complexity index is 231. The zero-order valence-electron chi connectivity index (χ0n) is 9.14. The molecule has 0 saturated carbocycles. The van der Waals surface area contributed by atoms with Crippen LogP contribution < -0.4 is 5.32 Å². The van der Waals surface area contributed by atoms with E-state index in [1.165, 1.54) is 0 Å². The third kappa shape index (κ3) is 3.92. The highest BCUT2D eigenvalue weighted by molar-refractivity contribution is 5.95. The van der Waals surface area contributed by atoms with Crippen LogP contribution in [-0.4, -0.2) is 5.91 Å². The molecule has 0 heterocycles. The van der Waals surface area contributed by atoms with Gasteiger partial charge in [-0.25, -0.2) is 0 Å². The van der Waals surface area contributed by atoms with Crippen LogP contribution in [0.15, 0.2) is 23.9 Å². The lowest BCUT2D eigenvalue weighted by Crippen LogP contribution is -2.26. The largest absolute Gasteiger partial charge is 0.329 e. The van der Waals surface area contributed by atoms with Gasteiger partial charge in [-0.1, -0.05) is 32.9 Å². The van der Waals surface area contributed by atoms with E-state index in [1.54, 1.807) is 12.3 Å². The summed E-state index contributed by atoms with van der Waals surface area (Å²) in [5.74, 6) is -0.0203. The van der Waals surface area contributed by atoms with E-state index in [9.17, 15) is 4.79 Å². The second kappa shape index (κ2) is 4.85. The number of nitrogens with one attached hydrogen (secondary N) is 1. The number of allylic oxidation sites excluding steroid dienone is 2. The molecule has 0 aromatic carbocycles. The average molecular weight is 181 g/mol. The predicted molar refractivity (Wildman–Crippen MR) is 56.2 cm³/mol. The maximum absolute atomic E-state index is 11.5. The van der Waals surface area contributed by atoms with Gasteiger partial charge in [0.1, 0.15) is 0 Å². The number of rotatable bonds is 2. The van der Waals surface area contributed by atoms with Gasteiger partial charge in [0, 0.05) is 5.57 Å². The second-order valence-electron chi connectivity index (χ2n) is 3.93. The first-order valence-corrected chi connectivity index (χ1v) is 4.52. The van der Waals surface area contributed by atoms with Gasteiger partial charge in [-0.15, -0.1) is 0 Å². The normalized spacial score (nSPS) is 13.5. The molecule has 2 nitrogen and oxygen atoms in total. The van der Waals surface area contributed by atoms with Gasteiger partial charge in [-0.05, 0) is 25.5 Å². The highest BCUT2D eigenvalue weighted by atomic mass is 16.1. The summed E-state index contributed by atoms with van der Waals surface area (Å²) in [6.45, 7) is 9.83. The number of carbonyl (C=O) groups excluding carboxylic acids is 1. The standard InChI is InChI=1S/C11H19NO/c1-6-8-12-10(13)9(7-2)11(3,4)5/h6-8H,1-5H3,(H,12,13)/b8-6-,9-7+. The summed E-state index contributed by atoms with van der Waals surface area (Å²) in [6, 6.07) is 0. The van der Waals surface area contributed by atoms with E-state index in [-0.39, 0.29) is 11.3 Å². The molecular formula is C11H19NO. The molecule has 74 valence electrons. The Labute approximate surface area is 80.7 Å². The van der Waals surface area contributed by atoms with Crippen molar-refractivity contribution in [1.29, 1.82) is 0 Å². The van der Waals surface area contributed by atoms with Gasteiger partial charge in [-0.2, -0.15) is 0 Å². The Morgan fingerprint density at radius 2 is 1.77 bits per heavy atom. The average Bonchev–Trinajstić information content (AvgIpc) is 1.99.